The summed E-state index contributed by atoms with van der Waals surface area (Å²) in [7, 11) is 3.53. The van der Waals surface area contributed by atoms with Crippen LogP contribution in [0.4, 0.5) is 0 Å². The van der Waals surface area contributed by atoms with E-state index in [9.17, 15) is 4.79 Å². The van der Waals surface area contributed by atoms with Crippen LogP contribution in [0, 0.1) is 0 Å². The van der Waals surface area contributed by atoms with Crippen LogP contribution < -0.4 is 0 Å². The summed E-state index contributed by atoms with van der Waals surface area (Å²) in [6.07, 6.45) is 5.39. The highest BCUT2D eigenvalue weighted by atomic mass is 16.2. The van der Waals surface area contributed by atoms with Crippen LogP contribution in [-0.4, -0.2) is 39.4 Å². The van der Waals surface area contributed by atoms with Crippen LogP contribution in [0.2, 0.25) is 0 Å². The van der Waals surface area contributed by atoms with E-state index >= 15 is 0 Å². The molecular weight excluding hydrogens is 264 g/mol. The summed E-state index contributed by atoms with van der Waals surface area (Å²) < 4.78 is 1.95. The number of hydrogen-bond acceptors (Lipinski definition) is 3. The number of aromatic nitrogens is 3. The second kappa shape index (κ2) is 5.36. The smallest absolute Gasteiger partial charge is 0.241 e. The standard InChI is InChI=1S/C16H16N4O/c1-19(2)15(21)11-20-9-6-12-10-13(4-5-14(12)20)16-17-7-3-8-18-16/h3-10H,11H2,1-2H3. The number of carbonyl (C=O) groups excluding carboxylic acids is 1. The third kappa shape index (κ3) is 2.63. The van der Waals surface area contributed by atoms with Crippen LogP contribution in [0.5, 0.6) is 0 Å². The topological polar surface area (TPSA) is 51.0 Å². The van der Waals surface area contributed by atoms with Crippen molar-refractivity contribution in [3.63, 3.8) is 0 Å². The molecule has 2 aromatic heterocycles. The molecule has 5 nitrogen and oxygen atoms in total. The largest absolute Gasteiger partial charge is 0.347 e. The zero-order chi connectivity index (χ0) is 14.8. The van der Waals surface area contributed by atoms with Gasteiger partial charge in [-0.3, -0.25) is 4.79 Å². The maximum absolute atomic E-state index is 11.8. The molecule has 1 aromatic carbocycles. The van der Waals surface area contributed by atoms with Crippen molar-refractivity contribution in [3.05, 3.63) is 48.9 Å². The normalized spacial score (nSPS) is 10.8. The van der Waals surface area contributed by atoms with Crippen LogP contribution in [0.25, 0.3) is 22.3 Å². The van der Waals surface area contributed by atoms with E-state index in [1.165, 1.54) is 0 Å². The van der Waals surface area contributed by atoms with Gasteiger partial charge < -0.3 is 9.47 Å². The number of likely N-dealkylation sites (N-methyl/N-ethyl adjacent to an activating group) is 1. The molecule has 0 unspecified atom stereocenters. The van der Waals surface area contributed by atoms with Crippen LogP contribution in [-0.2, 0) is 11.3 Å². The number of amides is 1. The van der Waals surface area contributed by atoms with Gasteiger partial charge in [0.15, 0.2) is 5.82 Å². The average molecular weight is 280 g/mol. The SMILES string of the molecule is CN(C)C(=O)Cn1ccc2cc(-c3ncccn3)ccc21. The molecule has 106 valence electrons. The number of rotatable bonds is 3. The van der Waals surface area contributed by atoms with Gasteiger partial charge in [0, 0.05) is 49.2 Å². The lowest BCUT2D eigenvalue weighted by Gasteiger charge is -2.11. The number of carbonyl (C=O) groups is 1. The van der Waals surface area contributed by atoms with Crippen molar-refractivity contribution < 1.29 is 4.79 Å². The number of fused-ring (bicyclic) bond motifs is 1. The van der Waals surface area contributed by atoms with Crippen molar-refractivity contribution in [1.29, 1.82) is 0 Å². The van der Waals surface area contributed by atoms with Gasteiger partial charge in [-0.25, -0.2) is 9.97 Å². The van der Waals surface area contributed by atoms with Gasteiger partial charge in [0.2, 0.25) is 5.91 Å². The fourth-order valence-electron chi connectivity index (χ4n) is 2.21. The summed E-state index contributed by atoms with van der Waals surface area (Å²) in [6.45, 7) is 0.345. The monoisotopic (exact) mass is 280 g/mol. The Kier molecular flexibility index (Phi) is 3.39. The van der Waals surface area contributed by atoms with Gasteiger partial charge in [0.1, 0.15) is 6.54 Å². The molecule has 1 amide bonds. The Balaban J connectivity index is 1.96. The lowest BCUT2D eigenvalue weighted by atomic mass is 10.1. The molecule has 0 aliphatic rings. The van der Waals surface area contributed by atoms with E-state index in [0.717, 1.165) is 16.5 Å². The van der Waals surface area contributed by atoms with E-state index in [1.54, 1.807) is 37.5 Å². The molecule has 0 bridgehead atoms. The molecule has 0 radical (unpaired) electrons. The highest BCUT2D eigenvalue weighted by Crippen LogP contribution is 2.22. The molecule has 0 spiro atoms. The molecule has 21 heavy (non-hydrogen) atoms. The van der Waals surface area contributed by atoms with Gasteiger partial charge in [-0.05, 0) is 30.3 Å². The molecule has 0 N–H and O–H groups in total. The van der Waals surface area contributed by atoms with Gasteiger partial charge in [-0.15, -0.1) is 0 Å². The molecular formula is C16H16N4O. The fraction of sp³-hybridized carbons (Fsp3) is 0.188. The van der Waals surface area contributed by atoms with E-state index in [1.807, 2.05) is 35.0 Å². The first-order valence-electron chi connectivity index (χ1n) is 6.71. The minimum Gasteiger partial charge on any atom is -0.347 e. The van der Waals surface area contributed by atoms with Crippen molar-refractivity contribution >= 4 is 16.8 Å². The summed E-state index contributed by atoms with van der Waals surface area (Å²) in [5.41, 5.74) is 2.00. The van der Waals surface area contributed by atoms with Crippen molar-refractivity contribution in [1.82, 2.24) is 19.4 Å². The first kappa shape index (κ1) is 13.3. The minimum absolute atomic E-state index is 0.0722. The lowest BCUT2D eigenvalue weighted by molar-refractivity contribution is -0.129. The van der Waals surface area contributed by atoms with E-state index in [-0.39, 0.29) is 5.91 Å². The molecule has 0 saturated carbocycles. The average Bonchev–Trinajstić information content (AvgIpc) is 2.90. The maximum atomic E-state index is 11.8. The van der Waals surface area contributed by atoms with Gasteiger partial charge in [-0.1, -0.05) is 0 Å². The Morgan fingerprint density at radius 2 is 1.95 bits per heavy atom. The fourth-order valence-corrected chi connectivity index (χ4v) is 2.21. The predicted octanol–water partition coefficient (Wildman–Crippen LogP) is 2.19. The van der Waals surface area contributed by atoms with Crippen molar-refractivity contribution in [2.24, 2.45) is 0 Å². The summed E-state index contributed by atoms with van der Waals surface area (Å²) in [5.74, 6) is 0.777. The van der Waals surface area contributed by atoms with Crippen molar-refractivity contribution in [2.75, 3.05) is 14.1 Å². The van der Waals surface area contributed by atoms with E-state index in [0.29, 0.717) is 12.4 Å². The summed E-state index contributed by atoms with van der Waals surface area (Å²) in [4.78, 5) is 21.9. The van der Waals surface area contributed by atoms with Gasteiger partial charge in [0.25, 0.3) is 0 Å². The van der Waals surface area contributed by atoms with Crippen LogP contribution >= 0.6 is 0 Å². The Bertz CT molecular complexity index is 777. The van der Waals surface area contributed by atoms with E-state index in [4.69, 9.17) is 0 Å². The molecule has 0 aliphatic heterocycles. The highest BCUT2D eigenvalue weighted by molar-refractivity contribution is 5.86. The molecule has 0 saturated heterocycles. The van der Waals surface area contributed by atoms with Gasteiger partial charge >= 0.3 is 0 Å². The summed E-state index contributed by atoms with van der Waals surface area (Å²) >= 11 is 0. The van der Waals surface area contributed by atoms with E-state index in [2.05, 4.69) is 9.97 Å². The summed E-state index contributed by atoms with van der Waals surface area (Å²) in [5, 5.41) is 1.08. The first-order valence-corrected chi connectivity index (χ1v) is 6.71. The van der Waals surface area contributed by atoms with Gasteiger partial charge in [-0.2, -0.15) is 0 Å². The highest BCUT2D eigenvalue weighted by Gasteiger charge is 2.09. The Hall–Kier alpha value is -2.69. The van der Waals surface area contributed by atoms with Crippen LogP contribution in [0.3, 0.4) is 0 Å². The quantitative estimate of drug-likeness (QED) is 0.739. The third-order valence-electron chi connectivity index (χ3n) is 3.40. The molecule has 5 heteroatoms. The maximum Gasteiger partial charge on any atom is 0.241 e. The molecule has 3 aromatic rings. The second-order valence-corrected chi connectivity index (χ2v) is 5.08. The number of benzene rings is 1. The van der Waals surface area contributed by atoms with Crippen LogP contribution in [0.1, 0.15) is 0 Å². The van der Waals surface area contributed by atoms with Gasteiger partial charge in [0.05, 0.1) is 0 Å². The lowest BCUT2D eigenvalue weighted by Crippen LogP contribution is -2.25. The predicted molar refractivity (Wildman–Crippen MR) is 81.7 cm³/mol. The molecule has 0 atom stereocenters. The van der Waals surface area contributed by atoms with Crippen LogP contribution in [0.15, 0.2) is 48.9 Å². The van der Waals surface area contributed by atoms with E-state index < -0.39 is 0 Å². The molecule has 3 rings (SSSR count). The Labute approximate surface area is 122 Å². The Morgan fingerprint density at radius 1 is 1.19 bits per heavy atom. The number of hydrogen-bond donors (Lipinski definition) is 0. The third-order valence-corrected chi connectivity index (χ3v) is 3.40. The minimum atomic E-state index is 0.0722. The van der Waals surface area contributed by atoms with Crippen molar-refractivity contribution in [3.8, 4) is 11.4 Å². The molecule has 0 aliphatic carbocycles. The summed E-state index contributed by atoms with van der Waals surface area (Å²) in [6, 6.07) is 9.83. The van der Waals surface area contributed by atoms with Crippen molar-refractivity contribution in [2.45, 2.75) is 6.54 Å². The second-order valence-electron chi connectivity index (χ2n) is 5.08. The molecule has 0 fully saturated rings. The molecule has 2 heterocycles. The first-order chi connectivity index (χ1) is 10.1. The Morgan fingerprint density at radius 3 is 2.67 bits per heavy atom. The number of nitrogens with zero attached hydrogens (tertiary/aromatic N) is 4. The zero-order valence-electron chi connectivity index (χ0n) is 12.0. The zero-order valence-corrected chi connectivity index (χ0v) is 12.0.